The molecule has 8 nitrogen and oxygen atoms in total. The molecular weight excluding hydrogens is 338 g/mol. The average Bonchev–Trinajstić information content (AvgIpc) is 3.12. The highest BCUT2D eigenvalue weighted by Crippen LogP contribution is 2.26. The highest BCUT2D eigenvalue weighted by molar-refractivity contribution is 5.77. The Morgan fingerprint density at radius 3 is 2.62 bits per heavy atom. The maximum absolute atomic E-state index is 12.8. The summed E-state index contributed by atoms with van der Waals surface area (Å²) in [7, 11) is 3.21. The van der Waals surface area contributed by atoms with Crippen LogP contribution in [-0.4, -0.2) is 54.9 Å². The van der Waals surface area contributed by atoms with Crippen molar-refractivity contribution >= 4 is 5.91 Å². The molecule has 0 spiro atoms. The van der Waals surface area contributed by atoms with Gasteiger partial charge < -0.3 is 23.6 Å². The average molecular weight is 361 g/mol. The van der Waals surface area contributed by atoms with Crippen LogP contribution in [-0.2, 0) is 16.0 Å². The Balaban J connectivity index is 1.68. The minimum atomic E-state index is -0.336. The Bertz CT molecular complexity index is 739. The monoisotopic (exact) mass is 361 g/mol. The van der Waals surface area contributed by atoms with E-state index in [1.807, 2.05) is 12.1 Å². The number of hydrogen-bond acceptors (Lipinski definition) is 7. The van der Waals surface area contributed by atoms with Gasteiger partial charge in [-0.2, -0.15) is 4.98 Å². The van der Waals surface area contributed by atoms with Crippen LogP contribution in [0.5, 0.6) is 11.5 Å². The third-order valence-corrected chi connectivity index (χ3v) is 4.32. The molecule has 0 radical (unpaired) electrons. The lowest BCUT2D eigenvalue weighted by atomic mass is 10.1. The number of rotatable bonds is 6. The molecule has 0 unspecified atom stereocenters. The third kappa shape index (κ3) is 4.13. The molecule has 1 aliphatic heterocycles. The fraction of sp³-hybridized carbons (Fsp3) is 0.500. The van der Waals surface area contributed by atoms with Gasteiger partial charge in [-0.25, -0.2) is 0 Å². The van der Waals surface area contributed by atoms with Crippen LogP contribution in [0.1, 0.15) is 29.7 Å². The molecule has 2 heterocycles. The van der Waals surface area contributed by atoms with E-state index in [0.717, 1.165) is 5.56 Å². The van der Waals surface area contributed by atoms with Gasteiger partial charge in [-0.05, 0) is 31.0 Å². The molecule has 1 fully saturated rings. The van der Waals surface area contributed by atoms with Crippen molar-refractivity contribution in [2.24, 2.45) is 0 Å². The first-order valence-electron chi connectivity index (χ1n) is 8.50. The van der Waals surface area contributed by atoms with Crippen LogP contribution in [0, 0.1) is 6.92 Å². The maximum Gasteiger partial charge on any atom is 0.251 e. The lowest BCUT2D eigenvalue weighted by Gasteiger charge is -2.33. The van der Waals surface area contributed by atoms with Crippen molar-refractivity contribution in [1.82, 2.24) is 15.0 Å². The van der Waals surface area contributed by atoms with Gasteiger partial charge in [-0.1, -0.05) is 5.16 Å². The first-order chi connectivity index (χ1) is 12.6. The van der Waals surface area contributed by atoms with Crippen LogP contribution in [0.3, 0.4) is 0 Å². The van der Waals surface area contributed by atoms with E-state index < -0.39 is 0 Å². The summed E-state index contributed by atoms with van der Waals surface area (Å²) >= 11 is 0. The minimum absolute atomic E-state index is 0.0240. The Kier molecular flexibility index (Phi) is 5.72. The molecule has 1 aromatic carbocycles. The van der Waals surface area contributed by atoms with Crippen molar-refractivity contribution in [2.45, 2.75) is 25.8 Å². The number of hydrogen-bond donors (Lipinski definition) is 0. The van der Waals surface area contributed by atoms with Gasteiger partial charge in [0.1, 0.15) is 17.5 Å². The van der Waals surface area contributed by atoms with Crippen molar-refractivity contribution < 1.29 is 23.5 Å². The number of benzene rings is 1. The number of carbonyl (C=O) groups is 1. The van der Waals surface area contributed by atoms with E-state index >= 15 is 0 Å². The fourth-order valence-corrected chi connectivity index (χ4v) is 2.96. The topological polar surface area (TPSA) is 86.9 Å². The second-order valence-electron chi connectivity index (χ2n) is 6.08. The molecule has 3 rings (SSSR count). The summed E-state index contributed by atoms with van der Waals surface area (Å²) in [4.78, 5) is 18.8. The summed E-state index contributed by atoms with van der Waals surface area (Å²) in [6, 6.07) is 5.29. The molecule has 140 valence electrons. The van der Waals surface area contributed by atoms with Gasteiger partial charge in [0.15, 0.2) is 5.82 Å². The van der Waals surface area contributed by atoms with Crippen molar-refractivity contribution in [3.05, 3.63) is 35.5 Å². The van der Waals surface area contributed by atoms with E-state index in [0.29, 0.717) is 55.8 Å². The normalized spacial score (nSPS) is 17.2. The highest BCUT2D eigenvalue weighted by Gasteiger charge is 2.32. The summed E-state index contributed by atoms with van der Waals surface area (Å²) in [5.74, 6) is 2.39. The zero-order valence-electron chi connectivity index (χ0n) is 15.2. The molecule has 8 heteroatoms. The van der Waals surface area contributed by atoms with Crippen molar-refractivity contribution in [1.29, 1.82) is 0 Å². The number of aromatic nitrogens is 2. The molecule has 1 atom stereocenters. The number of ether oxygens (including phenoxy) is 3. The molecule has 0 aliphatic carbocycles. The molecule has 1 amide bonds. The molecule has 0 N–H and O–H groups in total. The maximum atomic E-state index is 12.8. The molecule has 0 saturated carbocycles. The van der Waals surface area contributed by atoms with Gasteiger partial charge in [0.2, 0.25) is 5.91 Å². The second-order valence-corrected chi connectivity index (χ2v) is 6.08. The van der Waals surface area contributed by atoms with Crippen molar-refractivity contribution in [3.63, 3.8) is 0 Å². The third-order valence-electron chi connectivity index (χ3n) is 4.32. The quantitative estimate of drug-likeness (QED) is 0.777. The Hall–Kier alpha value is -2.61. The SMILES string of the molecule is COc1cc(CCC(=O)N2CCOC[C@H]2c2nc(C)no2)cc(OC)c1. The van der Waals surface area contributed by atoms with Gasteiger partial charge in [-0.3, -0.25) is 4.79 Å². The first-order valence-corrected chi connectivity index (χ1v) is 8.50. The standard InChI is InChI=1S/C18H23N3O5/c1-12-19-18(26-20-12)16-11-25-7-6-21(16)17(22)5-4-13-8-14(23-2)10-15(9-13)24-3/h8-10,16H,4-7,11H2,1-3H3/t16-/m0/s1. The van der Waals surface area contributed by atoms with Gasteiger partial charge in [0.25, 0.3) is 5.89 Å². The van der Waals surface area contributed by atoms with Crippen LogP contribution in [0.2, 0.25) is 0 Å². The molecule has 26 heavy (non-hydrogen) atoms. The van der Waals surface area contributed by atoms with Crippen LogP contribution >= 0.6 is 0 Å². The van der Waals surface area contributed by atoms with E-state index in [1.165, 1.54) is 0 Å². The number of morpholine rings is 1. The molecule has 1 saturated heterocycles. The number of aryl methyl sites for hydroxylation is 2. The summed E-state index contributed by atoms with van der Waals surface area (Å²) in [5, 5.41) is 3.81. The predicted molar refractivity (Wildman–Crippen MR) is 92.2 cm³/mol. The summed E-state index contributed by atoms with van der Waals surface area (Å²) in [5.41, 5.74) is 0.980. The summed E-state index contributed by atoms with van der Waals surface area (Å²) in [6.07, 6.45) is 0.944. The number of amides is 1. The minimum Gasteiger partial charge on any atom is -0.497 e. The number of methoxy groups -OCH3 is 2. The zero-order chi connectivity index (χ0) is 18.5. The highest BCUT2D eigenvalue weighted by atomic mass is 16.5. The van der Waals surface area contributed by atoms with Crippen LogP contribution in [0.25, 0.3) is 0 Å². The van der Waals surface area contributed by atoms with E-state index in [-0.39, 0.29) is 11.9 Å². The van der Waals surface area contributed by atoms with Gasteiger partial charge in [0.05, 0.1) is 27.4 Å². The van der Waals surface area contributed by atoms with Gasteiger partial charge >= 0.3 is 0 Å². The van der Waals surface area contributed by atoms with Crippen LogP contribution in [0.15, 0.2) is 22.7 Å². The summed E-state index contributed by atoms with van der Waals surface area (Å²) < 4.78 is 21.3. The second kappa shape index (κ2) is 8.18. The van der Waals surface area contributed by atoms with E-state index in [4.69, 9.17) is 18.7 Å². The lowest BCUT2D eigenvalue weighted by Crippen LogP contribution is -2.43. The van der Waals surface area contributed by atoms with Crippen molar-refractivity contribution in [3.8, 4) is 11.5 Å². The number of carbonyl (C=O) groups excluding carboxylic acids is 1. The Morgan fingerprint density at radius 2 is 2.00 bits per heavy atom. The first kappa shape index (κ1) is 18.2. The van der Waals surface area contributed by atoms with E-state index in [2.05, 4.69) is 10.1 Å². The smallest absolute Gasteiger partial charge is 0.251 e. The summed E-state index contributed by atoms with van der Waals surface area (Å²) in [6.45, 7) is 3.12. The molecule has 1 aliphatic rings. The largest absolute Gasteiger partial charge is 0.497 e. The van der Waals surface area contributed by atoms with Crippen LogP contribution < -0.4 is 9.47 Å². The fourth-order valence-electron chi connectivity index (χ4n) is 2.96. The van der Waals surface area contributed by atoms with Crippen molar-refractivity contribution in [2.75, 3.05) is 34.0 Å². The van der Waals surface area contributed by atoms with E-state index in [9.17, 15) is 4.79 Å². The predicted octanol–water partition coefficient (Wildman–Crippen LogP) is 1.93. The lowest BCUT2D eigenvalue weighted by molar-refractivity contribution is -0.141. The van der Waals surface area contributed by atoms with Gasteiger partial charge in [-0.15, -0.1) is 0 Å². The molecular formula is C18H23N3O5. The Morgan fingerprint density at radius 1 is 1.27 bits per heavy atom. The number of nitrogens with zero attached hydrogens (tertiary/aromatic N) is 3. The van der Waals surface area contributed by atoms with Gasteiger partial charge in [0, 0.05) is 19.0 Å². The molecule has 1 aromatic heterocycles. The zero-order valence-corrected chi connectivity index (χ0v) is 15.2. The van der Waals surface area contributed by atoms with Crippen LogP contribution in [0.4, 0.5) is 0 Å². The molecule has 0 bridgehead atoms. The van der Waals surface area contributed by atoms with E-state index in [1.54, 1.807) is 32.1 Å². The Labute approximate surface area is 152 Å². The molecule has 2 aromatic rings.